The fraction of sp³-hybridized carbons (Fsp3) is 0.312. The number of benzene rings is 2. The summed E-state index contributed by atoms with van der Waals surface area (Å²) in [4.78, 5) is 11.5. The number of methoxy groups -OCH3 is 1. The quantitative estimate of drug-likeness (QED) is 0.855. The van der Waals surface area contributed by atoms with E-state index >= 15 is 0 Å². The summed E-state index contributed by atoms with van der Waals surface area (Å²) < 4.78 is 4.73. The molecule has 1 N–H and O–H groups in total. The molecule has 0 radical (unpaired) electrons. The average Bonchev–Trinajstić information content (AvgIpc) is 2.45. The zero-order valence-electron chi connectivity index (χ0n) is 11.5. The van der Waals surface area contributed by atoms with Crippen molar-refractivity contribution in [3.8, 4) is 0 Å². The summed E-state index contributed by atoms with van der Waals surface area (Å²) in [6.07, 6.45) is 0. The van der Waals surface area contributed by atoms with Crippen molar-refractivity contribution in [1.29, 1.82) is 0 Å². The molecule has 2 aromatic carbocycles. The molecule has 2 rings (SSSR count). The zero-order chi connectivity index (χ0) is 13.8. The molecule has 3 heteroatoms. The summed E-state index contributed by atoms with van der Waals surface area (Å²) in [6, 6.07) is 14.2. The van der Waals surface area contributed by atoms with Gasteiger partial charge in [0.05, 0.1) is 7.11 Å². The van der Waals surface area contributed by atoms with Gasteiger partial charge in [-0.2, -0.15) is 0 Å². The Kier molecular flexibility index (Phi) is 4.17. The van der Waals surface area contributed by atoms with Gasteiger partial charge in [-0.15, -0.1) is 0 Å². The van der Waals surface area contributed by atoms with Gasteiger partial charge in [-0.05, 0) is 30.2 Å². The van der Waals surface area contributed by atoms with Gasteiger partial charge in [-0.25, -0.2) is 0 Å². The molecule has 3 nitrogen and oxygen atoms in total. The van der Waals surface area contributed by atoms with Gasteiger partial charge in [0, 0.05) is 6.04 Å². The summed E-state index contributed by atoms with van der Waals surface area (Å²) in [5.41, 5.74) is 1.19. The van der Waals surface area contributed by atoms with E-state index in [-0.39, 0.29) is 18.1 Å². The molecular weight excluding hydrogens is 238 g/mol. The molecule has 19 heavy (non-hydrogen) atoms. The smallest absolute Gasteiger partial charge is 0.322 e. The molecule has 2 aromatic rings. The van der Waals surface area contributed by atoms with Crippen LogP contribution >= 0.6 is 0 Å². The van der Waals surface area contributed by atoms with Crippen LogP contribution < -0.4 is 5.32 Å². The van der Waals surface area contributed by atoms with E-state index in [9.17, 15) is 4.79 Å². The molecule has 0 aliphatic heterocycles. The summed E-state index contributed by atoms with van der Waals surface area (Å²) >= 11 is 0. The molecule has 2 atom stereocenters. The van der Waals surface area contributed by atoms with Crippen molar-refractivity contribution >= 4 is 16.7 Å². The lowest BCUT2D eigenvalue weighted by Crippen LogP contribution is -2.36. The largest absolute Gasteiger partial charge is 0.468 e. The molecular formula is C16H19NO2. The van der Waals surface area contributed by atoms with Gasteiger partial charge < -0.3 is 4.74 Å². The number of hydrogen-bond donors (Lipinski definition) is 1. The van der Waals surface area contributed by atoms with Gasteiger partial charge in [0.25, 0.3) is 0 Å². The predicted octanol–water partition coefficient (Wildman–Crippen LogP) is 3.05. The molecule has 0 aromatic heterocycles. The van der Waals surface area contributed by atoms with Crippen LogP contribution in [0.25, 0.3) is 10.8 Å². The maximum atomic E-state index is 11.5. The second kappa shape index (κ2) is 5.85. The number of carbonyl (C=O) groups is 1. The molecule has 100 valence electrons. The average molecular weight is 257 g/mol. The van der Waals surface area contributed by atoms with Crippen LogP contribution in [-0.4, -0.2) is 19.1 Å². The number of nitrogens with one attached hydrogen (secondary N) is 1. The number of carbonyl (C=O) groups excluding carboxylic acids is 1. The van der Waals surface area contributed by atoms with E-state index in [0.29, 0.717) is 0 Å². The normalized spacial score (nSPS) is 14.1. The standard InChI is InChI=1S/C16H19NO2/c1-11(17-12(2)16(18)19-3)14-10-6-8-13-7-4-5-9-15(13)14/h4-12,17H,1-3H3/t11?,12-/m0/s1. The van der Waals surface area contributed by atoms with E-state index in [0.717, 1.165) is 0 Å². The summed E-state index contributed by atoms with van der Waals surface area (Å²) in [7, 11) is 1.41. The van der Waals surface area contributed by atoms with Crippen molar-refractivity contribution in [2.24, 2.45) is 0 Å². The van der Waals surface area contributed by atoms with Crippen LogP contribution in [0.5, 0.6) is 0 Å². The Labute approximate surface area is 113 Å². The third-order valence-electron chi connectivity index (χ3n) is 3.34. The van der Waals surface area contributed by atoms with Crippen LogP contribution in [0.4, 0.5) is 0 Å². The third kappa shape index (κ3) is 2.93. The van der Waals surface area contributed by atoms with Crippen LogP contribution in [0.1, 0.15) is 25.5 Å². The number of esters is 1. The fourth-order valence-electron chi connectivity index (χ4n) is 2.34. The van der Waals surface area contributed by atoms with Crippen molar-refractivity contribution in [3.63, 3.8) is 0 Å². The molecule has 0 bridgehead atoms. The predicted molar refractivity (Wildman–Crippen MR) is 77.0 cm³/mol. The van der Waals surface area contributed by atoms with Crippen LogP contribution in [0.15, 0.2) is 42.5 Å². The van der Waals surface area contributed by atoms with Crippen LogP contribution in [-0.2, 0) is 9.53 Å². The summed E-state index contributed by atoms with van der Waals surface area (Å²) in [5, 5.41) is 5.68. The van der Waals surface area contributed by atoms with Gasteiger partial charge in [0.2, 0.25) is 0 Å². The highest BCUT2D eigenvalue weighted by Crippen LogP contribution is 2.24. The first-order valence-corrected chi connectivity index (χ1v) is 6.45. The Bertz CT molecular complexity index is 574. The minimum Gasteiger partial charge on any atom is -0.468 e. The van der Waals surface area contributed by atoms with Gasteiger partial charge in [-0.3, -0.25) is 10.1 Å². The summed E-state index contributed by atoms with van der Waals surface area (Å²) in [5.74, 6) is -0.243. The molecule has 0 spiro atoms. The lowest BCUT2D eigenvalue weighted by atomic mass is 9.99. The monoisotopic (exact) mass is 257 g/mol. The molecule has 0 saturated heterocycles. The molecule has 0 amide bonds. The first-order valence-electron chi connectivity index (χ1n) is 6.45. The number of ether oxygens (including phenoxy) is 1. The Morgan fingerprint density at radius 1 is 1.11 bits per heavy atom. The highest BCUT2D eigenvalue weighted by Gasteiger charge is 2.17. The van der Waals surface area contributed by atoms with Crippen molar-refractivity contribution in [3.05, 3.63) is 48.0 Å². The lowest BCUT2D eigenvalue weighted by Gasteiger charge is -2.20. The highest BCUT2D eigenvalue weighted by molar-refractivity contribution is 5.86. The molecule has 0 heterocycles. The van der Waals surface area contributed by atoms with E-state index in [1.54, 1.807) is 0 Å². The highest BCUT2D eigenvalue weighted by atomic mass is 16.5. The first kappa shape index (κ1) is 13.6. The summed E-state index contributed by atoms with van der Waals surface area (Å²) in [6.45, 7) is 3.87. The van der Waals surface area contributed by atoms with Crippen molar-refractivity contribution < 1.29 is 9.53 Å². The second-order valence-electron chi connectivity index (χ2n) is 4.70. The van der Waals surface area contributed by atoms with Gasteiger partial charge in [-0.1, -0.05) is 42.5 Å². The number of rotatable bonds is 4. The molecule has 1 unspecified atom stereocenters. The number of hydrogen-bond acceptors (Lipinski definition) is 3. The van der Waals surface area contributed by atoms with Crippen molar-refractivity contribution in [2.75, 3.05) is 7.11 Å². The molecule has 0 aliphatic rings. The molecule has 0 saturated carbocycles. The van der Waals surface area contributed by atoms with Crippen molar-refractivity contribution in [1.82, 2.24) is 5.32 Å². The Morgan fingerprint density at radius 3 is 2.53 bits per heavy atom. The van der Waals surface area contributed by atoms with Gasteiger partial charge in [0.15, 0.2) is 0 Å². The third-order valence-corrected chi connectivity index (χ3v) is 3.34. The number of fused-ring (bicyclic) bond motifs is 1. The maximum absolute atomic E-state index is 11.5. The van der Waals surface area contributed by atoms with E-state index in [1.165, 1.54) is 23.4 Å². The Balaban J connectivity index is 2.26. The van der Waals surface area contributed by atoms with E-state index < -0.39 is 0 Å². The lowest BCUT2D eigenvalue weighted by molar-refractivity contribution is -0.142. The Morgan fingerprint density at radius 2 is 1.79 bits per heavy atom. The van der Waals surface area contributed by atoms with Crippen molar-refractivity contribution in [2.45, 2.75) is 25.9 Å². The van der Waals surface area contributed by atoms with Crippen LogP contribution in [0.2, 0.25) is 0 Å². The van der Waals surface area contributed by atoms with E-state index in [1.807, 2.05) is 25.1 Å². The van der Waals surface area contributed by atoms with Gasteiger partial charge in [0.1, 0.15) is 6.04 Å². The second-order valence-corrected chi connectivity index (χ2v) is 4.70. The zero-order valence-corrected chi connectivity index (χ0v) is 11.5. The first-order chi connectivity index (χ1) is 9.13. The Hall–Kier alpha value is -1.87. The fourth-order valence-corrected chi connectivity index (χ4v) is 2.34. The SMILES string of the molecule is COC(=O)[C@H](C)NC(C)c1cccc2ccccc12. The van der Waals surface area contributed by atoms with E-state index in [4.69, 9.17) is 4.74 Å². The topological polar surface area (TPSA) is 38.3 Å². The minimum absolute atomic E-state index is 0.0835. The maximum Gasteiger partial charge on any atom is 0.322 e. The van der Waals surface area contributed by atoms with Gasteiger partial charge >= 0.3 is 5.97 Å². The van der Waals surface area contributed by atoms with Crippen LogP contribution in [0, 0.1) is 0 Å². The van der Waals surface area contributed by atoms with E-state index in [2.05, 4.69) is 36.5 Å². The van der Waals surface area contributed by atoms with Crippen LogP contribution in [0.3, 0.4) is 0 Å². The molecule has 0 fully saturated rings. The molecule has 0 aliphatic carbocycles. The minimum atomic E-state index is -0.320.